The van der Waals surface area contributed by atoms with Crippen molar-refractivity contribution >= 4 is 11.8 Å². The summed E-state index contributed by atoms with van der Waals surface area (Å²) in [6.45, 7) is 4.54. The van der Waals surface area contributed by atoms with Crippen molar-refractivity contribution in [3.05, 3.63) is 18.2 Å². The largest absolute Gasteiger partial charge is 0.342 e. The first kappa shape index (κ1) is 13.6. The number of hydrogen-bond acceptors (Lipinski definition) is 3. The summed E-state index contributed by atoms with van der Waals surface area (Å²) < 4.78 is 1.94. The molecule has 0 aliphatic carbocycles. The molecule has 0 bridgehead atoms. The van der Waals surface area contributed by atoms with Gasteiger partial charge in [-0.25, -0.2) is 4.98 Å². The average Bonchev–Trinajstić information content (AvgIpc) is 2.69. The van der Waals surface area contributed by atoms with Crippen LogP contribution in [0.25, 0.3) is 0 Å². The molecule has 19 heavy (non-hydrogen) atoms. The summed E-state index contributed by atoms with van der Waals surface area (Å²) in [5.41, 5.74) is -0.824. The van der Waals surface area contributed by atoms with Crippen molar-refractivity contribution in [2.24, 2.45) is 7.05 Å². The van der Waals surface area contributed by atoms with Crippen LogP contribution in [0.5, 0.6) is 0 Å². The second-order valence-electron chi connectivity index (χ2n) is 5.42. The second-order valence-corrected chi connectivity index (χ2v) is 5.42. The van der Waals surface area contributed by atoms with Gasteiger partial charge in [-0.2, -0.15) is 0 Å². The summed E-state index contributed by atoms with van der Waals surface area (Å²) in [4.78, 5) is 29.9. The lowest BCUT2D eigenvalue weighted by Gasteiger charge is -2.28. The zero-order valence-corrected chi connectivity index (χ0v) is 11.6. The first-order valence-electron chi connectivity index (χ1n) is 6.47. The van der Waals surface area contributed by atoms with Crippen molar-refractivity contribution < 1.29 is 9.59 Å². The number of carbonyl (C=O) groups excluding carboxylic acids is 2. The molecule has 0 saturated carbocycles. The molecule has 0 atom stereocenters. The van der Waals surface area contributed by atoms with E-state index in [0.717, 1.165) is 5.82 Å². The number of carbonyl (C=O) groups is 2. The lowest BCUT2D eigenvalue weighted by Crippen LogP contribution is -2.53. The maximum absolute atomic E-state index is 12.3. The first-order valence-corrected chi connectivity index (χ1v) is 6.47. The topological polar surface area (TPSA) is 67.2 Å². The van der Waals surface area contributed by atoms with Gasteiger partial charge in [0.1, 0.15) is 11.4 Å². The highest BCUT2D eigenvalue weighted by molar-refractivity contribution is 5.92. The first-order chi connectivity index (χ1) is 8.90. The molecular weight excluding hydrogens is 244 g/mol. The molecule has 1 aromatic rings. The summed E-state index contributed by atoms with van der Waals surface area (Å²) in [7, 11) is 1.93. The van der Waals surface area contributed by atoms with Crippen molar-refractivity contribution in [1.29, 1.82) is 0 Å². The van der Waals surface area contributed by atoms with E-state index < -0.39 is 5.54 Å². The molecule has 6 nitrogen and oxygen atoms in total. The van der Waals surface area contributed by atoms with Gasteiger partial charge in [0.25, 0.3) is 0 Å². The van der Waals surface area contributed by atoms with Crippen molar-refractivity contribution in [2.75, 3.05) is 13.1 Å². The number of aryl methyl sites for hydroxylation is 1. The fraction of sp³-hybridized carbons (Fsp3) is 0.615. The van der Waals surface area contributed by atoms with E-state index >= 15 is 0 Å². The number of aromatic nitrogens is 2. The molecule has 2 rings (SSSR count). The maximum atomic E-state index is 12.3. The van der Waals surface area contributed by atoms with Crippen molar-refractivity contribution in [2.45, 2.75) is 32.2 Å². The number of nitrogens with one attached hydrogen (secondary N) is 1. The number of amides is 2. The molecule has 1 aliphatic rings. The summed E-state index contributed by atoms with van der Waals surface area (Å²) in [5, 5.41) is 2.75. The SMILES string of the molecule is Cn1ccnc1CCN1CCC(=O)NC(C)(C)C1=O. The van der Waals surface area contributed by atoms with Gasteiger partial charge in [-0.15, -0.1) is 0 Å². The average molecular weight is 264 g/mol. The minimum absolute atomic E-state index is 0.0347. The normalized spacial score (nSPS) is 19.2. The Morgan fingerprint density at radius 2 is 2.16 bits per heavy atom. The molecule has 0 aromatic carbocycles. The number of nitrogens with zero attached hydrogens (tertiary/aromatic N) is 3. The number of rotatable bonds is 3. The molecular formula is C13H20N4O2. The Hall–Kier alpha value is -1.85. The molecule has 6 heteroatoms. The lowest BCUT2D eigenvalue weighted by molar-refractivity contribution is -0.137. The minimum atomic E-state index is -0.824. The molecule has 1 fully saturated rings. The number of imidazole rings is 1. The molecule has 1 N–H and O–H groups in total. The van der Waals surface area contributed by atoms with E-state index in [1.807, 2.05) is 17.8 Å². The zero-order chi connectivity index (χ0) is 14.0. The van der Waals surface area contributed by atoms with E-state index in [1.54, 1.807) is 24.9 Å². The van der Waals surface area contributed by atoms with Crippen LogP contribution in [0.1, 0.15) is 26.1 Å². The number of hydrogen-bond donors (Lipinski definition) is 1. The Balaban J connectivity index is 2.04. The molecule has 1 saturated heterocycles. The van der Waals surface area contributed by atoms with Crippen LogP contribution in [0, 0.1) is 0 Å². The lowest BCUT2D eigenvalue weighted by atomic mass is 10.0. The molecule has 1 aromatic heterocycles. The summed E-state index contributed by atoms with van der Waals surface area (Å²) >= 11 is 0. The molecule has 0 spiro atoms. The fourth-order valence-electron chi connectivity index (χ4n) is 2.28. The van der Waals surface area contributed by atoms with E-state index in [4.69, 9.17) is 0 Å². The van der Waals surface area contributed by atoms with Crippen LogP contribution in [-0.2, 0) is 23.1 Å². The van der Waals surface area contributed by atoms with Crippen molar-refractivity contribution in [3.8, 4) is 0 Å². The monoisotopic (exact) mass is 264 g/mol. The summed E-state index contributed by atoms with van der Waals surface area (Å²) in [6, 6.07) is 0. The van der Waals surface area contributed by atoms with Crippen LogP contribution in [0.2, 0.25) is 0 Å². The smallest absolute Gasteiger partial charge is 0.247 e. The van der Waals surface area contributed by atoms with E-state index in [1.165, 1.54) is 0 Å². The van der Waals surface area contributed by atoms with Crippen molar-refractivity contribution in [1.82, 2.24) is 19.8 Å². The van der Waals surface area contributed by atoms with Gasteiger partial charge < -0.3 is 14.8 Å². The van der Waals surface area contributed by atoms with Gasteiger partial charge in [-0.1, -0.05) is 0 Å². The van der Waals surface area contributed by atoms with Crippen LogP contribution in [0.3, 0.4) is 0 Å². The van der Waals surface area contributed by atoms with Gasteiger partial charge in [0.15, 0.2) is 0 Å². The highest BCUT2D eigenvalue weighted by Gasteiger charge is 2.36. The molecule has 0 radical (unpaired) electrons. The van der Waals surface area contributed by atoms with E-state index in [2.05, 4.69) is 10.3 Å². The highest BCUT2D eigenvalue weighted by Crippen LogP contribution is 2.13. The minimum Gasteiger partial charge on any atom is -0.342 e. The molecule has 2 heterocycles. The van der Waals surface area contributed by atoms with Crippen LogP contribution in [-0.4, -0.2) is 44.9 Å². The van der Waals surface area contributed by atoms with Crippen LogP contribution in [0.15, 0.2) is 12.4 Å². The Morgan fingerprint density at radius 1 is 1.42 bits per heavy atom. The van der Waals surface area contributed by atoms with Gasteiger partial charge in [-0.05, 0) is 13.8 Å². The second kappa shape index (κ2) is 5.03. The zero-order valence-electron chi connectivity index (χ0n) is 11.6. The predicted octanol–water partition coefficient (Wildman–Crippen LogP) is 0.0897. The van der Waals surface area contributed by atoms with E-state index in [-0.39, 0.29) is 11.8 Å². The third kappa shape index (κ3) is 2.94. The third-order valence-corrected chi connectivity index (χ3v) is 3.41. The van der Waals surface area contributed by atoms with Gasteiger partial charge in [0.05, 0.1) is 0 Å². The van der Waals surface area contributed by atoms with Gasteiger partial charge >= 0.3 is 0 Å². The maximum Gasteiger partial charge on any atom is 0.247 e. The molecule has 0 unspecified atom stereocenters. The summed E-state index contributed by atoms with van der Waals surface area (Å²) in [5.74, 6) is 0.833. The molecule has 104 valence electrons. The van der Waals surface area contributed by atoms with Crippen molar-refractivity contribution in [3.63, 3.8) is 0 Å². The highest BCUT2D eigenvalue weighted by atomic mass is 16.2. The van der Waals surface area contributed by atoms with Crippen LogP contribution >= 0.6 is 0 Å². The predicted molar refractivity (Wildman–Crippen MR) is 70.3 cm³/mol. The Labute approximate surface area is 112 Å². The van der Waals surface area contributed by atoms with Crippen LogP contribution in [0.4, 0.5) is 0 Å². The Kier molecular flexibility index (Phi) is 3.59. The quantitative estimate of drug-likeness (QED) is 0.841. The van der Waals surface area contributed by atoms with Crippen LogP contribution < -0.4 is 5.32 Å². The molecule has 1 aliphatic heterocycles. The Morgan fingerprint density at radius 3 is 2.79 bits per heavy atom. The Bertz CT molecular complexity index is 493. The van der Waals surface area contributed by atoms with E-state index in [0.29, 0.717) is 25.9 Å². The molecule has 2 amide bonds. The standard InChI is InChI=1S/C13H20N4O2/c1-13(2)12(19)17(8-5-11(18)15-13)7-4-10-14-6-9-16(10)3/h6,9H,4-5,7-8H2,1-3H3,(H,15,18). The van der Waals surface area contributed by atoms with Gasteiger partial charge in [0.2, 0.25) is 11.8 Å². The summed E-state index contributed by atoms with van der Waals surface area (Å²) in [6.07, 6.45) is 4.68. The van der Waals surface area contributed by atoms with E-state index in [9.17, 15) is 9.59 Å². The van der Waals surface area contributed by atoms with Gasteiger partial charge in [-0.3, -0.25) is 9.59 Å². The fourth-order valence-corrected chi connectivity index (χ4v) is 2.28. The third-order valence-electron chi connectivity index (χ3n) is 3.41. The van der Waals surface area contributed by atoms with Gasteiger partial charge in [0, 0.05) is 45.4 Å².